The third-order valence-corrected chi connectivity index (χ3v) is 6.22. The standard InChI is InChI=1S/C23H25ClN2O7/c1-5-8-33-23(29)18-12(3)25-15-9-11(2)17(22(28)32-4)21(27)20(15)19(18)13-6-7-14(24)16(10-13)26(30)31/h6-7,10-11,17,19,25H,5,8-9H2,1-4H3/t11-,17+,19-/m0/s1. The van der Waals surface area contributed by atoms with Crippen LogP contribution in [0.25, 0.3) is 0 Å². The first kappa shape index (κ1) is 24.4. The van der Waals surface area contributed by atoms with Gasteiger partial charge >= 0.3 is 11.9 Å². The van der Waals surface area contributed by atoms with Crippen LogP contribution in [-0.2, 0) is 23.9 Å². The molecule has 3 rings (SSSR count). The van der Waals surface area contributed by atoms with Crippen molar-refractivity contribution in [2.24, 2.45) is 11.8 Å². The maximum atomic E-state index is 13.6. The Morgan fingerprint density at radius 2 is 2.03 bits per heavy atom. The molecule has 0 bridgehead atoms. The number of esters is 2. The Balaban J connectivity index is 2.23. The number of nitro groups is 1. The first-order valence-corrected chi connectivity index (χ1v) is 10.9. The molecule has 0 unspecified atom stereocenters. The van der Waals surface area contributed by atoms with Crippen LogP contribution in [0.4, 0.5) is 5.69 Å². The van der Waals surface area contributed by atoms with Gasteiger partial charge in [0.2, 0.25) is 0 Å². The fourth-order valence-corrected chi connectivity index (χ4v) is 4.59. The van der Waals surface area contributed by atoms with Gasteiger partial charge < -0.3 is 14.8 Å². The monoisotopic (exact) mass is 476 g/mol. The number of halogens is 1. The number of carbonyl (C=O) groups is 3. The fourth-order valence-electron chi connectivity index (χ4n) is 4.41. The number of rotatable bonds is 6. The van der Waals surface area contributed by atoms with Gasteiger partial charge in [-0.25, -0.2) is 4.79 Å². The number of nitrogens with one attached hydrogen (secondary N) is 1. The van der Waals surface area contributed by atoms with Crippen molar-refractivity contribution >= 4 is 35.0 Å². The van der Waals surface area contributed by atoms with E-state index in [1.54, 1.807) is 13.8 Å². The van der Waals surface area contributed by atoms with Crippen molar-refractivity contribution in [3.63, 3.8) is 0 Å². The molecule has 1 heterocycles. The highest BCUT2D eigenvalue weighted by atomic mass is 35.5. The minimum absolute atomic E-state index is 0.0706. The molecule has 1 aliphatic heterocycles. The van der Waals surface area contributed by atoms with Crippen LogP contribution in [0.2, 0.25) is 5.02 Å². The van der Waals surface area contributed by atoms with Crippen molar-refractivity contribution in [1.82, 2.24) is 5.32 Å². The largest absolute Gasteiger partial charge is 0.468 e. The lowest BCUT2D eigenvalue weighted by Crippen LogP contribution is -2.43. The molecule has 9 nitrogen and oxygen atoms in total. The van der Waals surface area contributed by atoms with Crippen LogP contribution >= 0.6 is 11.6 Å². The number of ether oxygens (including phenoxy) is 2. The maximum absolute atomic E-state index is 13.6. The Morgan fingerprint density at radius 1 is 1.33 bits per heavy atom. The average molecular weight is 477 g/mol. The number of nitrogens with zero attached hydrogens (tertiary/aromatic N) is 1. The number of methoxy groups -OCH3 is 1. The lowest BCUT2D eigenvalue weighted by molar-refractivity contribution is -0.384. The van der Waals surface area contributed by atoms with Crippen LogP contribution in [0.1, 0.15) is 45.1 Å². The summed E-state index contributed by atoms with van der Waals surface area (Å²) in [4.78, 5) is 49.9. The van der Waals surface area contributed by atoms with Gasteiger partial charge in [-0.2, -0.15) is 0 Å². The van der Waals surface area contributed by atoms with Crippen molar-refractivity contribution in [1.29, 1.82) is 0 Å². The molecule has 0 radical (unpaired) electrons. The van der Waals surface area contributed by atoms with Crippen molar-refractivity contribution in [3.05, 3.63) is 61.4 Å². The van der Waals surface area contributed by atoms with E-state index in [4.69, 9.17) is 21.1 Å². The molecule has 1 aliphatic carbocycles. The molecular weight excluding hydrogens is 452 g/mol. The zero-order valence-electron chi connectivity index (χ0n) is 18.8. The Labute approximate surface area is 195 Å². The summed E-state index contributed by atoms with van der Waals surface area (Å²) in [5, 5.41) is 14.6. The molecule has 2 aliphatic rings. The summed E-state index contributed by atoms with van der Waals surface area (Å²) in [6.07, 6.45) is 0.957. The number of Topliss-reactive ketones (excluding diaryl/α,β-unsaturated/α-hetero) is 1. The number of hydrogen-bond acceptors (Lipinski definition) is 8. The normalized spacial score (nSPS) is 22.5. The zero-order chi connectivity index (χ0) is 24.4. The van der Waals surface area contributed by atoms with E-state index >= 15 is 0 Å². The molecule has 0 aromatic heterocycles. The van der Waals surface area contributed by atoms with Gasteiger partial charge in [-0.05, 0) is 37.3 Å². The summed E-state index contributed by atoms with van der Waals surface area (Å²) in [6, 6.07) is 4.14. The molecule has 10 heteroatoms. The summed E-state index contributed by atoms with van der Waals surface area (Å²) < 4.78 is 10.2. The lowest BCUT2D eigenvalue weighted by atomic mass is 9.69. The van der Waals surface area contributed by atoms with Crippen LogP contribution in [0, 0.1) is 22.0 Å². The number of nitro benzene ring substituents is 1. The Kier molecular flexibility index (Phi) is 7.22. The summed E-state index contributed by atoms with van der Waals surface area (Å²) in [5.41, 5.74) is 1.39. The molecule has 0 spiro atoms. The second-order valence-electron chi connectivity index (χ2n) is 8.14. The Morgan fingerprint density at radius 3 is 2.64 bits per heavy atom. The molecule has 0 saturated heterocycles. The van der Waals surface area contributed by atoms with E-state index in [1.165, 1.54) is 25.3 Å². The molecule has 176 valence electrons. The van der Waals surface area contributed by atoms with Crippen LogP contribution in [0.3, 0.4) is 0 Å². The predicted molar refractivity (Wildman–Crippen MR) is 119 cm³/mol. The average Bonchev–Trinajstić information content (AvgIpc) is 2.76. The molecule has 33 heavy (non-hydrogen) atoms. The van der Waals surface area contributed by atoms with Crippen LogP contribution in [-0.4, -0.2) is 36.4 Å². The quantitative estimate of drug-likeness (QED) is 0.284. The lowest BCUT2D eigenvalue weighted by Gasteiger charge is -2.38. The molecule has 3 atom stereocenters. The summed E-state index contributed by atoms with van der Waals surface area (Å²) in [6.45, 7) is 5.48. The topological polar surface area (TPSA) is 125 Å². The third-order valence-electron chi connectivity index (χ3n) is 5.90. The molecule has 0 amide bonds. The van der Waals surface area contributed by atoms with Gasteiger partial charge in [0.1, 0.15) is 10.9 Å². The summed E-state index contributed by atoms with van der Waals surface area (Å²) >= 11 is 6.00. The van der Waals surface area contributed by atoms with E-state index in [1.807, 2.05) is 6.92 Å². The molecule has 1 aromatic carbocycles. The second kappa shape index (κ2) is 9.74. The SMILES string of the molecule is CCCOC(=O)C1=C(C)NC2=C(C(=O)[C@H](C(=O)OC)[C@@H](C)C2)[C@H]1c1ccc(Cl)c([N+](=O)[O-])c1. The van der Waals surface area contributed by atoms with Gasteiger partial charge in [0.15, 0.2) is 5.78 Å². The molecular formula is C23H25ClN2O7. The van der Waals surface area contributed by atoms with E-state index in [2.05, 4.69) is 5.32 Å². The summed E-state index contributed by atoms with van der Waals surface area (Å²) in [7, 11) is 1.21. The smallest absolute Gasteiger partial charge is 0.336 e. The Bertz CT molecular complexity index is 1090. The van der Waals surface area contributed by atoms with Gasteiger partial charge in [-0.15, -0.1) is 0 Å². The van der Waals surface area contributed by atoms with E-state index in [0.29, 0.717) is 29.8 Å². The second-order valence-corrected chi connectivity index (χ2v) is 8.55. The van der Waals surface area contributed by atoms with E-state index in [0.717, 1.165) is 0 Å². The van der Waals surface area contributed by atoms with Crippen LogP contribution in [0.15, 0.2) is 40.7 Å². The van der Waals surface area contributed by atoms with Crippen molar-refractivity contribution < 1.29 is 28.8 Å². The molecule has 1 N–H and O–H groups in total. The van der Waals surface area contributed by atoms with Crippen molar-refractivity contribution in [2.45, 2.75) is 39.5 Å². The predicted octanol–water partition coefficient (Wildman–Crippen LogP) is 3.81. The van der Waals surface area contributed by atoms with Crippen LogP contribution in [0.5, 0.6) is 0 Å². The molecule has 1 aromatic rings. The minimum atomic E-state index is -1.05. The van der Waals surface area contributed by atoms with E-state index in [-0.39, 0.29) is 34.4 Å². The van der Waals surface area contributed by atoms with E-state index < -0.39 is 34.5 Å². The number of carbonyl (C=O) groups excluding carboxylic acids is 3. The van der Waals surface area contributed by atoms with Crippen LogP contribution < -0.4 is 5.32 Å². The van der Waals surface area contributed by atoms with E-state index in [9.17, 15) is 24.5 Å². The number of dihydropyridines is 1. The van der Waals surface area contributed by atoms with Gasteiger partial charge in [0, 0.05) is 29.0 Å². The van der Waals surface area contributed by atoms with Gasteiger partial charge in [0.05, 0.1) is 24.2 Å². The third kappa shape index (κ3) is 4.50. The number of hydrogen-bond donors (Lipinski definition) is 1. The first-order valence-electron chi connectivity index (χ1n) is 10.6. The number of ketones is 1. The minimum Gasteiger partial charge on any atom is -0.468 e. The zero-order valence-corrected chi connectivity index (χ0v) is 19.5. The highest BCUT2D eigenvalue weighted by molar-refractivity contribution is 6.32. The Hall–Kier alpha value is -3.20. The number of benzene rings is 1. The first-order chi connectivity index (χ1) is 15.6. The maximum Gasteiger partial charge on any atom is 0.336 e. The molecule has 0 fully saturated rings. The van der Waals surface area contributed by atoms with Crippen molar-refractivity contribution in [2.75, 3.05) is 13.7 Å². The van der Waals surface area contributed by atoms with Gasteiger partial charge in [-0.1, -0.05) is 31.5 Å². The van der Waals surface area contributed by atoms with Gasteiger partial charge in [-0.3, -0.25) is 19.7 Å². The van der Waals surface area contributed by atoms with Gasteiger partial charge in [0.25, 0.3) is 5.69 Å². The highest BCUT2D eigenvalue weighted by Gasteiger charge is 2.47. The summed E-state index contributed by atoms with van der Waals surface area (Å²) in [5.74, 6) is -4.14. The highest BCUT2D eigenvalue weighted by Crippen LogP contribution is 2.46. The van der Waals surface area contributed by atoms with Crippen molar-refractivity contribution in [3.8, 4) is 0 Å². The molecule has 0 saturated carbocycles. The number of allylic oxidation sites excluding steroid dienone is 3. The fraction of sp³-hybridized carbons (Fsp3) is 0.435.